The molecule has 0 N–H and O–H groups in total. The monoisotopic (exact) mass is 135 g/mol. The van der Waals surface area contributed by atoms with E-state index in [-0.39, 0.29) is 41.3 Å². The summed E-state index contributed by atoms with van der Waals surface area (Å²) in [6.07, 6.45) is 3.06. The van der Waals surface area contributed by atoms with Crippen LogP contribution in [0.25, 0.3) is 0 Å². The van der Waals surface area contributed by atoms with Gasteiger partial charge in [0.15, 0.2) is 0 Å². The number of carbonyl (C=O) groups is 2. The average Bonchev–Trinajstić information content (AvgIpc) is 2.14. The molecule has 0 aromatic carbocycles. The first-order valence-corrected chi connectivity index (χ1v) is 2.82. The van der Waals surface area contributed by atoms with Gasteiger partial charge < -0.3 is 4.79 Å². The van der Waals surface area contributed by atoms with Crippen LogP contribution in [0.4, 0.5) is 0 Å². The van der Waals surface area contributed by atoms with Crippen LogP contribution < -0.4 is 29.6 Å². The largest absolute Gasteiger partial charge is 1.00 e. The van der Waals surface area contributed by atoms with E-state index in [9.17, 15) is 9.59 Å². The van der Waals surface area contributed by atoms with Gasteiger partial charge in [-0.2, -0.15) is 0 Å². The summed E-state index contributed by atoms with van der Waals surface area (Å²) < 4.78 is 0. The van der Waals surface area contributed by atoms with Gasteiger partial charge in [-0.05, 0) is 12.8 Å². The van der Waals surface area contributed by atoms with E-state index in [2.05, 4.69) is 0 Å². The number of Topliss-reactive ketones (excluding diaryl/α,β-unsaturated/α-hetero) is 1. The van der Waals surface area contributed by atoms with Crippen molar-refractivity contribution in [3.63, 3.8) is 0 Å². The standard InChI is InChI=1S/C6H8O2.Na/c7-4-5-2-1-3-6(5)8;/h4-5H,1-3H2;/q;+1. The molecule has 1 saturated carbocycles. The van der Waals surface area contributed by atoms with E-state index in [0.717, 1.165) is 19.1 Å². The second-order valence-electron chi connectivity index (χ2n) is 2.10. The molecule has 1 aliphatic rings. The molecule has 1 atom stereocenters. The topological polar surface area (TPSA) is 34.1 Å². The summed E-state index contributed by atoms with van der Waals surface area (Å²) in [5.41, 5.74) is 0. The first kappa shape index (κ1) is 9.34. The molecule has 0 saturated heterocycles. The summed E-state index contributed by atoms with van der Waals surface area (Å²) in [6.45, 7) is 0. The van der Waals surface area contributed by atoms with Crippen molar-refractivity contribution in [2.45, 2.75) is 19.3 Å². The molecule has 0 aliphatic heterocycles. The number of rotatable bonds is 1. The average molecular weight is 135 g/mol. The molecule has 1 fully saturated rings. The third-order valence-electron chi connectivity index (χ3n) is 1.52. The molecule has 0 aromatic rings. The quantitative estimate of drug-likeness (QED) is 0.227. The first-order valence-electron chi connectivity index (χ1n) is 2.82. The van der Waals surface area contributed by atoms with Crippen LogP contribution in [0.1, 0.15) is 19.3 Å². The van der Waals surface area contributed by atoms with Gasteiger partial charge in [-0.15, -0.1) is 0 Å². The van der Waals surface area contributed by atoms with E-state index >= 15 is 0 Å². The Balaban J connectivity index is 0.000000640. The van der Waals surface area contributed by atoms with Gasteiger partial charge in [0.05, 0.1) is 5.92 Å². The Morgan fingerprint density at radius 2 is 2.22 bits per heavy atom. The molecule has 1 unspecified atom stereocenters. The molecule has 1 rings (SSSR count). The van der Waals surface area contributed by atoms with Crippen molar-refractivity contribution in [2.24, 2.45) is 5.92 Å². The van der Waals surface area contributed by atoms with Crippen LogP contribution in [0, 0.1) is 5.92 Å². The minimum Gasteiger partial charge on any atom is -0.303 e. The van der Waals surface area contributed by atoms with E-state index in [1.807, 2.05) is 0 Å². The van der Waals surface area contributed by atoms with Crippen molar-refractivity contribution in [2.75, 3.05) is 0 Å². The Labute approximate surface area is 76.3 Å². The number of hydrogen-bond acceptors (Lipinski definition) is 2. The molecule has 2 nitrogen and oxygen atoms in total. The van der Waals surface area contributed by atoms with Gasteiger partial charge in [0, 0.05) is 6.42 Å². The fraction of sp³-hybridized carbons (Fsp3) is 0.667. The Morgan fingerprint density at radius 3 is 2.44 bits per heavy atom. The number of hydrogen-bond donors (Lipinski definition) is 0. The Hall–Kier alpha value is 0.340. The van der Waals surface area contributed by atoms with E-state index in [1.54, 1.807) is 0 Å². The van der Waals surface area contributed by atoms with Crippen molar-refractivity contribution >= 4 is 12.1 Å². The zero-order chi connectivity index (χ0) is 5.98. The molecule has 44 valence electrons. The molecule has 0 spiro atoms. The fourth-order valence-electron chi connectivity index (χ4n) is 0.987. The summed E-state index contributed by atoms with van der Waals surface area (Å²) in [7, 11) is 0. The maximum atomic E-state index is 10.6. The molecular weight excluding hydrogens is 127 g/mol. The molecule has 1 aliphatic carbocycles. The van der Waals surface area contributed by atoms with E-state index in [4.69, 9.17) is 0 Å². The Morgan fingerprint density at radius 1 is 1.56 bits per heavy atom. The van der Waals surface area contributed by atoms with Gasteiger partial charge in [0.2, 0.25) is 0 Å². The van der Waals surface area contributed by atoms with Gasteiger partial charge in [-0.3, -0.25) is 4.79 Å². The normalized spacial score (nSPS) is 25.3. The summed E-state index contributed by atoms with van der Waals surface area (Å²) in [5.74, 6) is -0.130. The smallest absolute Gasteiger partial charge is 0.303 e. The van der Waals surface area contributed by atoms with E-state index in [0.29, 0.717) is 6.42 Å². The molecular formula is C6H8NaO2+. The van der Waals surface area contributed by atoms with Gasteiger partial charge in [-0.1, -0.05) is 0 Å². The van der Waals surface area contributed by atoms with Crippen molar-refractivity contribution in [3.05, 3.63) is 0 Å². The van der Waals surface area contributed by atoms with Crippen LogP contribution in [0.15, 0.2) is 0 Å². The third kappa shape index (κ3) is 2.20. The summed E-state index contributed by atoms with van der Waals surface area (Å²) >= 11 is 0. The van der Waals surface area contributed by atoms with Gasteiger partial charge >= 0.3 is 29.6 Å². The predicted molar refractivity (Wildman–Crippen MR) is 28.4 cm³/mol. The maximum Gasteiger partial charge on any atom is 1.00 e. The minimum absolute atomic E-state index is 0. The minimum atomic E-state index is -0.255. The number of ketones is 1. The molecule has 0 amide bonds. The van der Waals surface area contributed by atoms with Gasteiger partial charge in [0.25, 0.3) is 0 Å². The first-order chi connectivity index (χ1) is 3.84. The molecule has 3 heteroatoms. The third-order valence-corrected chi connectivity index (χ3v) is 1.52. The second kappa shape index (κ2) is 4.20. The van der Waals surface area contributed by atoms with Crippen LogP contribution in [-0.2, 0) is 9.59 Å². The summed E-state index contributed by atoms with van der Waals surface area (Å²) in [6, 6.07) is 0. The zero-order valence-corrected chi connectivity index (χ0v) is 7.59. The summed E-state index contributed by atoms with van der Waals surface area (Å²) in [4.78, 5) is 20.6. The molecule has 0 heterocycles. The predicted octanol–water partition coefficient (Wildman–Crippen LogP) is -2.44. The van der Waals surface area contributed by atoms with Crippen LogP contribution in [0.3, 0.4) is 0 Å². The fourth-order valence-corrected chi connectivity index (χ4v) is 0.987. The van der Waals surface area contributed by atoms with Crippen LogP contribution in [0.2, 0.25) is 0 Å². The van der Waals surface area contributed by atoms with Crippen LogP contribution in [0.5, 0.6) is 0 Å². The Kier molecular flexibility index (Phi) is 4.36. The molecule has 9 heavy (non-hydrogen) atoms. The molecule has 0 aromatic heterocycles. The molecule has 0 radical (unpaired) electrons. The van der Waals surface area contributed by atoms with Crippen molar-refractivity contribution in [1.82, 2.24) is 0 Å². The second-order valence-corrected chi connectivity index (χ2v) is 2.10. The molecule has 0 bridgehead atoms. The van der Waals surface area contributed by atoms with Crippen LogP contribution in [-0.4, -0.2) is 12.1 Å². The SMILES string of the molecule is O=CC1CCCC1=O.[Na+]. The maximum absolute atomic E-state index is 10.6. The van der Waals surface area contributed by atoms with Crippen molar-refractivity contribution < 1.29 is 39.1 Å². The van der Waals surface area contributed by atoms with E-state index < -0.39 is 0 Å². The number of carbonyl (C=O) groups excluding carboxylic acids is 2. The van der Waals surface area contributed by atoms with Gasteiger partial charge in [0.1, 0.15) is 12.1 Å². The van der Waals surface area contributed by atoms with Crippen LogP contribution >= 0.6 is 0 Å². The van der Waals surface area contributed by atoms with Crippen molar-refractivity contribution in [3.8, 4) is 0 Å². The Bertz CT molecular complexity index is 122. The van der Waals surface area contributed by atoms with Gasteiger partial charge in [-0.25, -0.2) is 0 Å². The summed E-state index contributed by atoms with van der Waals surface area (Å²) in [5, 5.41) is 0. The van der Waals surface area contributed by atoms with Crippen molar-refractivity contribution in [1.29, 1.82) is 0 Å². The van der Waals surface area contributed by atoms with E-state index in [1.165, 1.54) is 0 Å². The zero-order valence-electron chi connectivity index (χ0n) is 5.59. The number of aldehydes is 1.